The van der Waals surface area contributed by atoms with Crippen LogP contribution in [-0.4, -0.2) is 49.8 Å². The molecule has 0 spiro atoms. The van der Waals surface area contributed by atoms with E-state index in [1.807, 2.05) is 0 Å². The number of carbonyl (C=O) groups is 1. The highest BCUT2D eigenvalue weighted by Crippen LogP contribution is 2.30. The average molecular weight is 243 g/mol. The number of nitrogens with zero attached hydrogens (tertiary/aromatic N) is 1. The second-order valence-electron chi connectivity index (χ2n) is 4.89. The normalized spacial score (nSPS) is 15.6. The monoisotopic (exact) mass is 243 g/mol. The fourth-order valence-electron chi connectivity index (χ4n) is 1.73. The van der Waals surface area contributed by atoms with Gasteiger partial charge in [0.15, 0.2) is 0 Å². The quantitative estimate of drug-likeness (QED) is 0.456. The Morgan fingerprint density at radius 1 is 1.41 bits per heavy atom. The maximum absolute atomic E-state index is 11.0. The van der Waals surface area contributed by atoms with Gasteiger partial charge in [0.25, 0.3) is 0 Å². The van der Waals surface area contributed by atoms with Crippen LogP contribution in [0.4, 0.5) is 0 Å². The summed E-state index contributed by atoms with van der Waals surface area (Å²) in [5.41, 5.74) is 0. The zero-order valence-corrected chi connectivity index (χ0v) is 11.3. The summed E-state index contributed by atoms with van der Waals surface area (Å²) < 4.78 is 10.1. The van der Waals surface area contributed by atoms with Gasteiger partial charge in [0.2, 0.25) is 0 Å². The number of rotatable bonds is 9. The van der Waals surface area contributed by atoms with Crippen molar-refractivity contribution in [3.8, 4) is 0 Å². The molecule has 100 valence electrons. The molecule has 1 aliphatic carbocycles. The highest BCUT2D eigenvalue weighted by Gasteiger charge is 2.25. The minimum Gasteiger partial charge on any atom is -0.464 e. The van der Waals surface area contributed by atoms with Gasteiger partial charge >= 0.3 is 5.97 Å². The predicted octanol–water partition coefficient (Wildman–Crippen LogP) is 1.69. The van der Waals surface area contributed by atoms with E-state index in [0.717, 1.165) is 12.5 Å². The van der Waals surface area contributed by atoms with Crippen molar-refractivity contribution in [2.24, 2.45) is 5.92 Å². The maximum Gasteiger partial charge on any atom is 0.332 e. The zero-order chi connectivity index (χ0) is 12.7. The molecule has 0 unspecified atom stereocenters. The molecule has 1 fully saturated rings. The second kappa shape index (κ2) is 7.67. The Bertz CT molecular complexity index is 227. The Morgan fingerprint density at radius 2 is 2.12 bits per heavy atom. The third-order valence-corrected chi connectivity index (χ3v) is 2.97. The molecule has 0 aliphatic heterocycles. The molecule has 4 heteroatoms. The van der Waals surface area contributed by atoms with Crippen LogP contribution in [0, 0.1) is 5.92 Å². The minimum absolute atomic E-state index is 0.0726. The molecule has 1 aliphatic rings. The molecule has 0 atom stereocenters. The molecule has 0 saturated heterocycles. The van der Waals surface area contributed by atoms with Gasteiger partial charge in [0.1, 0.15) is 6.61 Å². The summed E-state index contributed by atoms with van der Waals surface area (Å²) in [5, 5.41) is 0. The van der Waals surface area contributed by atoms with Crippen LogP contribution >= 0.6 is 0 Å². The van der Waals surface area contributed by atoms with Crippen LogP contribution < -0.4 is 0 Å². The zero-order valence-electron chi connectivity index (χ0n) is 11.3. The fraction of sp³-hybridized carbons (Fsp3) is 0.923. The van der Waals surface area contributed by atoms with Crippen molar-refractivity contribution in [1.29, 1.82) is 0 Å². The first-order chi connectivity index (χ1) is 8.13. The Kier molecular flexibility index (Phi) is 6.52. The number of hydrogen-bond donors (Lipinski definition) is 0. The Morgan fingerprint density at radius 3 is 2.65 bits per heavy atom. The van der Waals surface area contributed by atoms with Gasteiger partial charge in [-0.15, -0.1) is 0 Å². The minimum atomic E-state index is -0.272. The van der Waals surface area contributed by atoms with Crippen LogP contribution in [0.1, 0.15) is 33.6 Å². The third kappa shape index (κ3) is 6.64. The van der Waals surface area contributed by atoms with Gasteiger partial charge in [-0.05, 0) is 39.5 Å². The van der Waals surface area contributed by atoms with E-state index in [9.17, 15) is 4.79 Å². The Balaban J connectivity index is 2.07. The van der Waals surface area contributed by atoms with Crippen molar-refractivity contribution >= 4 is 5.97 Å². The van der Waals surface area contributed by atoms with Gasteiger partial charge in [-0.2, -0.15) is 0 Å². The van der Waals surface area contributed by atoms with E-state index in [2.05, 4.69) is 18.7 Å². The standard InChI is InChI=1S/C13H25NO3/c1-4-17-13(15)10-16-8-7-14(11(2)3)9-12-5-6-12/h11-12H,4-10H2,1-3H3. The van der Waals surface area contributed by atoms with Gasteiger partial charge in [-0.3, -0.25) is 4.90 Å². The van der Waals surface area contributed by atoms with Gasteiger partial charge in [0, 0.05) is 19.1 Å². The van der Waals surface area contributed by atoms with Crippen LogP contribution in [0.3, 0.4) is 0 Å². The lowest BCUT2D eigenvalue weighted by atomic mass is 10.3. The molecule has 0 aromatic carbocycles. The van der Waals surface area contributed by atoms with E-state index in [0.29, 0.717) is 19.3 Å². The van der Waals surface area contributed by atoms with E-state index in [1.54, 1.807) is 6.92 Å². The van der Waals surface area contributed by atoms with E-state index < -0.39 is 0 Å². The molecule has 4 nitrogen and oxygen atoms in total. The third-order valence-electron chi connectivity index (χ3n) is 2.97. The largest absolute Gasteiger partial charge is 0.464 e. The Labute approximate surface area is 104 Å². The summed E-state index contributed by atoms with van der Waals surface area (Å²) >= 11 is 0. The molecule has 0 heterocycles. The fourth-order valence-corrected chi connectivity index (χ4v) is 1.73. The van der Waals surface area contributed by atoms with Crippen molar-refractivity contribution in [3.05, 3.63) is 0 Å². The smallest absolute Gasteiger partial charge is 0.332 e. The summed E-state index contributed by atoms with van der Waals surface area (Å²) in [6.07, 6.45) is 2.74. The van der Waals surface area contributed by atoms with Crippen molar-refractivity contribution in [1.82, 2.24) is 4.90 Å². The topological polar surface area (TPSA) is 38.8 Å². The second-order valence-corrected chi connectivity index (χ2v) is 4.89. The average Bonchev–Trinajstić information content (AvgIpc) is 3.06. The molecule has 1 saturated carbocycles. The summed E-state index contributed by atoms with van der Waals surface area (Å²) in [7, 11) is 0. The SMILES string of the molecule is CCOC(=O)COCCN(CC1CC1)C(C)C. The molecule has 0 aromatic heterocycles. The number of carbonyl (C=O) groups excluding carboxylic acids is 1. The summed E-state index contributed by atoms with van der Waals surface area (Å²) in [4.78, 5) is 13.5. The van der Waals surface area contributed by atoms with Crippen LogP contribution in [-0.2, 0) is 14.3 Å². The number of ether oxygens (including phenoxy) is 2. The summed E-state index contributed by atoms with van der Waals surface area (Å²) in [6, 6.07) is 0.543. The predicted molar refractivity (Wildman–Crippen MR) is 66.9 cm³/mol. The molecular formula is C13H25NO3. The molecule has 0 radical (unpaired) electrons. The molecule has 0 amide bonds. The van der Waals surface area contributed by atoms with Crippen molar-refractivity contribution in [2.75, 3.05) is 32.9 Å². The number of esters is 1. The van der Waals surface area contributed by atoms with Gasteiger partial charge < -0.3 is 9.47 Å². The first kappa shape index (κ1) is 14.5. The molecule has 17 heavy (non-hydrogen) atoms. The molecule has 1 rings (SSSR count). The lowest BCUT2D eigenvalue weighted by Crippen LogP contribution is -2.36. The lowest BCUT2D eigenvalue weighted by Gasteiger charge is -2.26. The number of hydrogen-bond acceptors (Lipinski definition) is 4. The van der Waals surface area contributed by atoms with E-state index in [4.69, 9.17) is 9.47 Å². The maximum atomic E-state index is 11.0. The van der Waals surface area contributed by atoms with E-state index >= 15 is 0 Å². The Hall–Kier alpha value is -0.610. The first-order valence-corrected chi connectivity index (χ1v) is 6.61. The van der Waals surface area contributed by atoms with Gasteiger partial charge in [-0.25, -0.2) is 4.79 Å². The summed E-state index contributed by atoms with van der Waals surface area (Å²) in [5.74, 6) is 0.619. The molecule has 0 aromatic rings. The molecular weight excluding hydrogens is 218 g/mol. The first-order valence-electron chi connectivity index (χ1n) is 6.61. The molecule has 0 N–H and O–H groups in total. The van der Waals surface area contributed by atoms with Crippen molar-refractivity contribution in [2.45, 2.75) is 39.7 Å². The van der Waals surface area contributed by atoms with Crippen LogP contribution in [0.25, 0.3) is 0 Å². The van der Waals surface area contributed by atoms with E-state index in [1.165, 1.54) is 19.4 Å². The van der Waals surface area contributed by atoms with Crippen LogP contribution in [0.15, 0.2) is 0 Å². The van der Waals surface area contributed by atoms with Gasteiger partial charge in [0.05, 0.1) is 13.2 Å². The highest BCUT2D eigenvalue weighted by molar-refractivity contribution is 5.70. The van der Waals surface area contributed by atoms with Crippen molar-refractivity contribution < 1.29 is 14.3 Å². The van der Waals surface area contributed by atoms with E-state index in [-0.39, 0.29) is 12.6 Å². The highest BCUT2D eigenvalue weighted by atomic mass is 16.6. The van der Waals surface area contributed by atoms with Crippen LogP contribution in [0.5, 0.6) is 0 Å². The molecule has 0 bridgehead atoms. The van der Waals surface area contributed by atoms with Gasteiger partial charge in [-0.1, -0.05) is 0 Å². The van der Waals surface area contributed by atoms with Crippen LogP contribution in [0.2, 0.25) is 0 Å². The van der Waals surface area contributed by atoms with Crippen molar-refractivity contribution in [3.63, 3.8) is 0 Å². The lowest BCUT2D eigenvalue weighted by molar-refractivity contribution is -0.148. The summed E-state index contributed by atoms with van der Waals surface area (Å²) in [6.45, 7) is 9.36.